The Balaban J connectivity index is 2.28. The lowest BCUT2D eigenvalue weighted by molar-refractivity contribution is 0.477. The van der Waals surface area contributed by atoms with E-state index in [4.69, 9.17) is 1.37 Å². The van der Waals surface area contributed by atoms with E-state index in [9.17, 15) is 5.11 Å². The standard InChI is InChI=1S/C16H12O/c17-16-8-4-3-7-15(16)14-10-9-12-5-1-2-6-13(12)11-14/h1-11,17H/i9D. The molecular formula is C16H12O. The van der Waals surface area contributed by atoms with E-state index < -0.39 is 0 Å². The molecular weight excluding hydrogens is 208 g/mol. The molecule has 17 heavy (non-hydrogen) atoms. The van der Waals surface area contributed by atoms with Gasteiger partial charge in [0.2, 0.25) is 0 Å². The van der Waals surface area contributed by atoms with Gasteiger partial charge < -0.3 is 5.11 Å². The van der Waals surface area contributed by atoms with Crippen LogP contribution in [0.2, 0.25) is 0 Å². The lowest BCUT2D eigenvalue weighted by Crippen LogP contribution is -1.79. The van der Waals surface area contributed by atoms with Gasteiger partial charge >= 0.3 is 0 Å². The first-order valence-corrected chi connectivity index (χ1v) is 5.53. The quantitative estimate of drug-likeness (QED) is 0.652. The zero-order chi connectivity index (χ0) is 12.5. The number of aromatic hydroxyl groups is 1. The number of fused-ring (bicyclic) bond motifs is 1. The van der Waals surface area contributed by atoms with Crippen LogP contribution in [0.4, 0.5) is 0 Å². The molecule has 0 aliphatic heterocycles. The molecule has 0 saturated heterocycles. The number of para-hydroxylation sites is 1. The van der Waals surface area contributed by atoms with Gasteiger partial charge in [0.05, 0.1) is 1.37 Å². The second kappa shape index (κ2) is 3.95. The van der Waals surface area contributed by atoms with Gasteiger partial charge in [-0.3, -0.25) is 0 Å². The third-order valence-electron chi connectivity index (χ3n) is 2.87. The normalized spacial score (nSPS) is 11.4. The molecule has 0 aliphatic carbocycles. The van der Waals surface area contributed by atoms with Gasteiger partial charge in [-0.15, -0.1) is 0 Å². The summed E-state index contributed by atoms with van der Waals surface area (Å²) in [4.78, 5) is 0. The van der Waals surface area contributed by atoms with E-state index in [0.717, 1.165) is 21.9 Å². The molecule has 0 aromatic heterocycles. The summed E-state index contributed by atoms with van der Waals surface area (Å²) in [5.74, 6) is 0.243. The van der Waals surface area contributed by atoms with Crippen molar-refractivity contribution < 1.29 is 6.48 Å². The summed E-state index contributed by atoms with van der Waals surface area (Å²) in [5, 5.41) is 11.8. The average molecular weight is 221 g/mol. The molecule has 1 N–H and O–H groups in total. The summed E-state index contributed by atoms with van der Waals surface area (Å²) in [7, 11) is 0. The average Bonchev–Trinajstić information content (AvgIpc) is 2.39. The van der Waals surface area contributed by atoms with E-state index in [2.05, 4.69) is 0 Å². The van der Waals surface area contributed by atoms with Crippen LogP contribution in [0.1, 0.15) is 1.37 Å². The van der Waals surface area contributed by atoms with Crippen molar-refractivity contribution in [3.05, 3.63) is 66.7 Å². The minimum atomic E-state index is 0.243. The minimum absolute atomic E-state index is 0.243. The number of phenols is 1. The van der Waals surface area contributed by atoms with Crippen molar-refractivity contribution in [1.82, 2.24) is 0 Å². The zero-order valence-electron chi connectivity index (χ0n) is 10.2. The predicted octanol–water partition coefficient (Wildman–Crippen LogP) is 4.21. The van der Waals surface area contributed by atoms with Crippen LogP contribution in [0, 0.1) is 0 Å². The third kappa shape index (κ3) is 1.76. The van der Waals surface area contributed by atoms with Crippen molar-refractivity contribution in [2.45, 2.75) is 0 Å². The number of hydrogen-bond donors (Lipinski definition) is 1. The van der Waals surface area contributed by atoms with Gasteiger partial charge in [-0.05, 0) is 28.5 Å². The smallest absolute Gasteiger partial charge is 0.123 e. The molecule has 0 bridgehead atoms. The molecule has 0 heterocycles. The van der Waals surface area contributed by atoms with E-state index in [-0.39, 0.29) is 5.75 Å². The highest BCUT2D eigenvalue weighted by Gasteiger charge is 2.03. The number of phenolic OH excluding ortho intramolecular Hbond substituents is 1. The summed E-state index contributed by atoms with van der Waals surface area (Å²) >= 11 is 0. The molecule has 3 aromatic rings. The topological polar surface area (TPSA) is 20.2 Å². The van der Waals surface area contributed by atoms with Gasteiger partial charge in [-0.25, -0.2) is 0 Å². The van der Waals surface area contributed by atoms with Crippen LogP contribution >= 0.6 is 0 Å². The Morgan fingerprint density at radius 3 is 2.35 bits per heavy atom. The van der Waals surface area contributed by atoms with Gasteiger partial charge in [0.25, 0.3) is 0 Å². The fourth-order valence-corrected chi connectivity index (χ4v) is 1.99. The summed E-state index contributed by atoms with van der Waals surface area (Å²) in [6, 6.07) is 19.3. The van der Waals surface area contributed by atoms with Crippen molar-refractivity contribution in [2.75, 3.05) is 0 Å². The molecule has 0 aliphatic rings. The number of rotatable bonds is 1. The minimum Gasteiger partial charge on any atom is -0.507 e. The molecule has 0 fully saturated rings. The lowest BCUT2D eigenvalue weighted by Gasteiger charge is -2.06. The second-order valence-electron chi connectivity index (χ2n) is 3.99. The summed E-state index contributed by atoms with van der Waals surface area (Å²) in [6.07, 6.45) is 0. The second-order valence-corrected chi connectivity index (χ2v) is 3.99. The highest BCUT2D eigenvalue weighted by Crippen LogP contribution is 2.30. The maximum atomic E-state index is 9.87. The van der Waals surface area contributed by atoms with Crippen LogP contribution in [0.15, 0.2) is 66.7 Å². The molecule has 0 unspecified atom stereocenters. The van der Waals surface area contributed by atoms with E-state index >= 15 is 0 Å². The molecule has 1 heteroatoms. The Kier molecular flexibility index (Phi) is 2.05. The Labute approximate surface area is 101 Å². The van der Waals surface area contributed by atoms with Crippen LogP contribution in [-0.4, -0.2) is 5.11 Å². The molecule has 3 aromatic carbocycles. The molecule has 0 spiro atoms. The van der Waals surface area contributed by atoms with Gasteiger partial charge in [-0.2, -0.15) is 0 Å². The maximum absolute atomic E-state index is 9.87. The molecule has 0 radical (unpaired) electrons. The zero-order valence-corrected chi connectivity index (χ0v) is 9.22. The maximum Gasteiger partial charge on any atom is 0.123 e. The lowest BCUT2D eigenvalue weighted by atomic mass is 10.0. The van der Waals surface area contributed by atoms with Gasteiger partial charge in [0.1, 0.15) is 5.75 Å². The molecule has 0 amide bonds. The van der Waals surface area contributed by atoms with Gasteiger partial charge in [0, 0.05) is 5.56 Å². The van der Waals surface area contributed by atoms with Crippen molar-refractivity contribution in [2.24, 2.45) is 0 Å². The summed E-state index contributed by atoms with van der Waals surface area (Å²) in [6.45, 7) is 0. The first-order chi connectivity index (χ1) is 8.75. The largest absolute Gasteiger partial charge is 0.507 e. The molecule has 1 nitrogen and oxygen atoms in total. The van der Waals surface area contributed by atoms with Crippen LogP contribution in [0.25, 0.3) is 21.9 Å². The Bertz CT molecular complexity index is 719. The van der Waals surface area contributed by atoms with Gasteiger partial charge in [0.15, 0.2) is 0 Å². The van der Waals surface area contributed by atoms with Crippen LogP contribution in [-0.2, 0) is 0 Å². The monoisotopic (exact) mass is 221 g/mol. The molecule has 82 valence electrons. The van der Waals surface area contributed by atoms with E-state index in [1.165, 1.54) is 0 Å². The Morgan fingerprint density at radius 2 is 1.53 bits per heavy atom. The van der Waals surface area contributed by atoms with E-state index in [1.807, 2.05) is 42.5 Å². The summed E-state index contributed by atoms with van der Waals surface area (Å²) in [5.41, 5.74) is 1.63. The van der Waals surface area contributed by atoms with Crippen LogP contribution in [0.3, 0.4) is 0 Å². The van der Waals surface area contributed by atoms with Crippen molar-refractivity contribution in [3.8, 4) is 16.9 Å². The highest BCUT2D eigenvalue weighted by molar-refractivity contribution is 5.88. The van der Waals surface area contributed by atoms with Gasteiger partial charge in [-0.1, -0.05) is 54.6 Å². The first-order valence-electron chi connectivity index (χ1n) is 6.03. The Hall–Kier alpha value is -2.28. The molecule has 0 saturated carbocycles. The van der Waals surface area contributed by atoms with Crippen LogP contribution in [0.5, 0.6) is 5.75 Å². The fourth-order valence-electron chi connectivity index (χ4n) is 1.99. The van der Waals surface area contributed by atoms with E-state index in [0.29, 0.717) is 6.04 Å². The molecule has 3 rings (SSSR count). The highest BCUT2D eigenvalue weighted by atomic mass is 16.3. The Morgan fingerprint density at radius 1 is 0.824 bits per heavy atom. The fraction of sp³-hybridized carbons (Fsp3) is 0. The van der Waals surface area contributed by atoms with Crippen molar-refractivity contribution in [3.63, 3.8) is 0 Å². The van der Waals surface area contributed by atoms with Crippen molar-refractivity contribution in [1.29, 1.82) is 0 Å². The third-order valence-corrected chi connectivity index (χ3v) is 2.87. The number of hydrogen-bond acceptors (Lipinski definition) is 1. The first kappa shape index (κ1) is 8.82. The molecule has 0 atom stereocenters. The SMILES string of the molecule is [2H]c1cc(-c2ccccc2O)cc2ccccc12. The van der Waals surface area contributed by atoms with E-state index in [1.54, 1.807) is 18.2 Å². The summed E-state index contributed by atoms with van der Waals surface area (Å²) < 4.78 is 8.04. The van der Waals surface area contributed by atoms with Crippen LogP contribution < -0.4 is 0 Å². The van der Waals surface area contributed by atoms with Crippen molar-refractivity contribution >= 4 is 10.8 Å². The predicted molar refractivity (Wildman–Crippen MR) is 71.0 cm³/mol. The number of benzene rings is 3.